The first kappa shape index (κ1) is 30.9. The molecule has 0 aromatic heterocycles. The van der Waals surface area contributed by atoms with Gasteiger partial charge in [-0.15, -0.1) is 0 Å². The normalized spacial score (nSPS) is 19.2. The van der Waals surface area contributed by atoms with Gasteiger partial charge in [0.15, 0.2) is 0 Å². The molecule has 11 heteroatoms. The van der Waals surface area contributed by atoms with Crippen LogP contribution in [0, 0.1) is 11.8 Å². The molecule has 1 aliphatic heterocycles. The van der Waals surface area contributed by atoms with E-state index >= 15 is 0 Å². The van der Waals surface area contributed by atoms with Gasteiger partial charge in [0.1, 0.15) is 0 Å². The summed E-state index contributed by atoms with van der Waals surface area (Å²) in [5.74, 6) is -0.0391. The molecule has 1 rings (SSSR count). The van der Waals surface area contributed by atoms with Crippen LogP contribution >= 0.6 is 11.8 Å². The van der Waals surface area contributed by atoms with Crippen LogP contribution in [0.15, 0.2) is 0 Å². The van der Waals surface area contributed by atoms with E-state index in [4.69, 9.17) is 4.74 Å². The maximum absolute atomic E-state index is 13.1. The third-order valence-corrected chi connectivity index (χ3v) is 8.32. The Balaban J connectivity index is 2.83. The van der Waals surface area contributed by atoms with Crippen molar-refractivity contribution < 1.29 is 23.9 Å². The zero-order valence-corrected chi connectivity index (χ0v) is 23.8. The summed E-state index contributed by atoms with van der Waals surface area (Å²) in [6.07, 6.45) is 5.40. The van der Waals surface area contributed by atoms with Crippen molar-refractivity contribution in [2.75, 3.05) is 25.7 Å². The number of nitrogens with one attached hydrogen (secondary N) is 4. The third-order valence-electron chi connectivity index (χ3n) is 5.88. The molecule has 1 saturated heterocycles. The van der Waals surface area contributed by atoms with Crippen molar-refractivity contribution in [1.29, 1.82) is 0 Å². The molecule has 5 atom stereocenters. The first-order valence-corrected chi connectivity index (χ1v) is 15.1. The fraction of sp³-hybridized carbons (Fsp3) is 0.826. The molecular formula is C23H42N4O5SSe. The summed E-state index contributed by atoms with van der Waals surface area (Å²) in [5.41, 5.74) is 0. The standard InChI is InChI=1S/C23H42N4O5SSe/c1-7-15(4)19(26-20(28)16-9-8-11-24-16)23(31)34-27-17(10-12-33-6)21(29)25-18(13-14(2)3)22(30)32-5/h14-19,24,27H,7-13H2,1-6H3,(H,25,29)(H,26,28)/t15-,16-,17-,18-,19-/m0/s1. The van der Waals surface area contributed by atoms with Crippen LogP contribution in [0.4, 0.5) is 0 Å². The van der Waals surface area contributed by atoms with Crippen molar-refractivity contribution in [2.45, 2.75) is 84.0 Å². The van der Waals surface area contributed by atoms with Gasteiger partial charge in [0, 0.05) is 0 Å². The summed E-state index contributed by atoms with van der Waals surface area (Å²) in [7, 11) is 1.30. The van der Waals surface area contributed by atoms with Crippen LogP contribution in [-0.4, -0.2) is 87.5 Å². The second kappa shape index (κ2) is 16.5. The van der Waals surface area contributed by atoms with Crippen LogP contribution in [-0.2, 0) is 23.9 Å². The van der Waals surface area contributed by atoms with Crippen molar-refractivity contribution in [2.24, 2.45) is 11.8 Å². The van der Waals surface area contributed by atoms with Gasteiger partial charge in [-0.25, -0.2) is 0 Å². The van der Waals surface area contributed by atoms with E-state index in [1.807, 2.05) is 34.0 Å². The van der Waals surface area contributed by atoms with Crippen molar-refractivity contribution in [3.8, 4) is 0 Å². The van der Waals surface area contributed by atoms with Crippen molar-refractivity contribution >= 4 is 49.4 Å². The van der Waals surface area contributed by atoms with E-state index in [0.717, 1.165) is 31.6 Å². The molecule has 9 nitrogen and oxygen atoms in total. The number of amides is 2. The SMILES string of the molecule is CC[C@H](C)[C@H](NC(=O)[C@@H]1CCCN1)C(=O)[Se]N[C@@H](CCSC)C(=O)N[C@@H](CC(C)C)C(=O)OC. The summed E-state index contributed by atoms with van der Waals surface area (Å²) in [4.78, 5) is 50.9. The molecule has 2 amide bonds. The predicted octanol–water partition coefficient (Wildman–Crippen LogP) is 0.830. The molecule has 1 heterocycles. The number of carbonyl (C=O) groups excluding carboxylic acids is 4. The van der Waals surface area contributed by atoms with Gasteiger partial charge in [-0.1, -0.05) is 0 Å². The fourth-order valence-corrected chi connectivity index (χ4v) is 5.97. The molecule has 0 unspecified atom stereocenters. The van der Waals surface area contributed by atoms with Gasteiger partial charge < -0.3 is 0 Å². The van der Waals surface area contributed by atoms with Crippen LogP contribution in [0.25, 0.3) is 0 Å². The Morgan fingerprint density at radius 2 is 1.85 bits per heavy atom. The van der Waals surface area contributed by atoms with Gasteiger partial charge in [-0.2, -0.15) is 0 Å². The van der Waals surface area contributed by atoms with Gasteiger partial charge in [-0.3, -0.25) is 0 Å². The van der Waals surface area contributed by atoms with E-state index in [1.165, 1.54) is 7.11 Å². The van der Waals surface area contributed by atoms with E-state index in [9.17, 15) is 19.2 Å². The monoisotopic (exact) mass is 566 g/mol. The number of methoxy groups -OCH3 is 1. The number of thioether (sulfide) groups is 1. The average molecular weight is 566 g/mol. The molecule has 1 aliphatic rings. The molecular weight excluding hydrogens is 523 g/mol. The third kappa shape index (κ3) is 10.6. The van der Waals surface area contributed by atoms with Gasteiger partial charge in [-0.05, 0) is 0 Å². The molecule has 0 aromatic rings. The summed E-state index contributed by atoms with van der Waals surface area (Å²) >= 11 is 0.887. The van der Waals surface area contributed by atoms with Crippen molar-refractivity contribution in [3.63, 3.8) is 0 Å². The van der Waals surface area contributed by atoms with Crippen LogP contribution in [0.5, 0.6) is 0 Å². The minimum absolute atomic E-state index is 0.0188. The molecule has 1 fully saturated rings. The number of carbonyl (C=O) groups is 4. The van der Waals surface area contributed by atoms with E-state index in [1.54, 1.807) is 11.8 Å². The number of hydrogen-bond donors (Lipinski definition) is 4. The quantitative estimate of drug-likeness (QED) is 0.160. The van der Waals surface area contributed by atoms with Crippen LogP contribution < -0.4 is 20.3 Å². The van der Waals surface area contributed by atoms with Crippen LogP contribution in [0.1, 0.15) is 59.8 Å². The Bertz CT molecular complexity index is 676. The first-order chi connectivity index (χ1) is 16.1. The molecule has 196 valence electrons. The Morgan fingerprint density at radius 1 is 1.15 bits per heavy atom. The minimum atomic E-state index is -0.731. The summed E-state index contributed by atoms with van der Waals surface area (Å²) < 4.78 is 7.89. The predicted molar refractivity (Wildman–Crippen MR) is 136 cm³/mol. The van der Waals surface area contributed by atoms with Crippen LogP contribution in [0.3, 0.4) is 0 Å². The second-order valence-corrected chi connectivity index (χ2v) is 11.9. The zero-order chi connectivity index (χ0) is 25.7. The Hall–Kier alpha value is -1.13. The van der Waals surface area contributed by atoms with Crippen molar-refractivity contribution in [1.82, 2.24) is 20.3 Å². The van der Waals surface area contributed by atoms with E-state index < -0.39 is 39.3 Å². The molecule has 34 heavy (non-hydrogen) atoms. The second-order valence-electron chi connectivity index (χ2n) is 9.11. The summed E-state index contributed by atoms with van der Waals surface area (Å²) in [6, 6.07) is -2.19. The van der Waals surface area contributed by atoms with Gasteiger partial charge >= 0.3 is 215 Å². The van der Waals surface area contributed by atoms with Gasteiger partial charge in [0.05, 0.1) is 0 Å². The Morgan fingerprint density at radius 3 is 2.38 bits per heavy atom. The molecule has 0 aliphatic carbocycles. The number of rotatable bonds is 16. The topological polar surface area (TPSA) is 126 Å². The zero-order valence-electron chi connectivity index (χ0n) is 21.3. The average Bonchev–Trinajstić information content (AvgIpc) is 3.35. The molecule has 0 saturated carbocycles. The summed E-state index contributed by atoms with van der Waals surface area (Å²) in [5, 5.41) is 8.90. The summed E-state index contributed by atoms with van der Waals surface area (Å²) in [6.45, 7) is 8.68. The van der Waals surface area contributed by atoms with E-state index in [0.29, 0.717) is 12.8 Å². The van der Waals surface area contributed by atoms with Crippen molar-refractivity contribution in [3.05, 3.63) is 0 Å². The molecule has 0 radical (unpaired) electrons. The number of hydrogen-bond acceptors (Lipinski definition) is 8. The maximum atomic E-state index is 13.1. The molecule has 0 aromatic carbocycles. The molecule has 4 N–H and O–H groups in total. The fourth-order valence-electron chi connectivity index (χ4n) is 3.60. The Labute approximate surface area is 214 Å². The van der Waals surface area contributed by atoms with E-state index in [-0.39, 0.29) is 34.4 Å². The molecule has 0 spiro atoms. The van der Waals surface area contributed by atoms with Gasteiger partial charge in [0.25, 0.3) is 0 Å². The molecule has 0 bridgehead atoms. The Kier molecular flexibility index (Phi) is 15.0. The van der Waals surface area contributed by atoms with Crippen LogP contribution in [0.2, 0.25) is 0 Å². The number of ether oxygens (including phenoxy) is 1. The van der Waals surface area contributed by atoms with Gasteiger partial charge in [0.2, 0.25) is 0 Å². The first-order valence-electron chi connectivity index (χ1n) is 12.0. The number of esters is 1. The van der Waals surface area contributed by atoms with E-state index in [2.05, 4.69) is 20.3 Å².